The van der Waals surface area contributed by atoms with Crippen LogP contribution in [0.25, 0.3) is 44.3 Å². The smallest absolute Gasteiger partial charge is 0.216 e. The maximum Gasteiger partial charge on any atom is 0.216 e. The molecule has 3 nitrogen and oxygen atoms in total. The number of aromatic nitrogens is 1. The minimum Gasteiger partial charge on any atom is -0.455 e. The predicted octanol–water partition coefficient (Wildman–Crippen LogP) is 5.92. The summed E-state index contributed by atoms with van der Waals surface area (Å²) in [6.45, 7) is 2.10. The van der Waals surface area contributed by atoms with E-state index in [9.17, 15) is 5.26 Å². The Morgan fingerprint density at radius 3 is 2.45 bits per heavy atom. The van der Waals surface area contributed by atoms with Crippen LogP contribution in [-0.2, 0) is 7.05 Å². The van der Waals surface area contributed by atoms with Gasteiger partial charge in [-0.15, -0.1) is 0 Å². The Labute approximate surface area is 169 Å². The quantitative estimate of drug-likeness (QED) is 0.359. The summed E-state index contributed by atoms with van der Waals surface area (Å²) in [6.07, 6.45) is 2.04. The van der Waals surface area contributed by atoms with Crippen molar-refractivity contribution < 1.29 is 8.98 Å². The van der Waals surface area contributed by atoms with Crippen LogP contribution in [0.1, 0.15) is 11.1 Å². The number of rotatable bonds is 2. The van der Waals surface area contributed by atoms with Gasteiger partial charge < -0.3 is 4.42 Å². The predicted molar refractivity (Wildman–Crippen MR) is 115 cm³/mol. The molecule has 138 valence electrons. The molecule has 0 saturated heterocycles. The van der Waals surface area contributed by atoms with Crippen molar-refractivity contribution in [1.29, 1.82) is 5.26 Å². The van der Waals surface area contributed by atoms with Crippen molar-refractivity contribution in [3.63, 3.8) is 0 Å². The molecule has 0 bridgehead atoms. The van der Waals surface area contributed by atoms with Crippen LogP contribution >= 0.6 is 0 Å². The minimum atomic E-state index is 0.617. The van der Waals surface area contributed by atoms with Crippen LogP contribution < -0.4 is 4.57 Å². The third kappa shape index (κ3) is 2.69. The standard InChI is InChI=1S/C26H19N2O/c1-17-11-12-20-22-15-21(18-8-4-3-5-9-18)19(16-27)14-24(22)29-26(20)25(17)23-10-6-7-13-28(23)2/h3-15H,1-2H3/q+1. The zero-order chi connectivity index (χ0) is 20.0. The number of fused-ring (bicyclic) bond motifs is 3. The Morgan fingerprint density at radius 1 is 0.897 bits per heavy atom. The van der Waals surface area contributed by atoms with Gasteiger partial charge in [0.05, 0.1) is 17.2 Å². The van der Waals surface area contributed by atoms with Crippen LogP contribution in [0.3, 0.4) is 0 Å². The monoisotopic (exact) mass is 375 g/mol. The molecule has 0 radical (unpaired) electrons. The van der Waals surface area contributed by atoms with Gasteiger partial charge in [-0.25, -0.2) is 4.57 Å². The van der Waals surface area contributed by atoms with Crippen molar-refractivity contribution in [2.45, 2.75) is 6.92 Å². The Kier molecular flexibility index (Phi) is 3.93. The highest BCUT2D eigenvalue weighted by molar-refractivity contribution is 6.11. The summed E-state index contributed by atoms with van der Waals surface area (Å²) in [5.41, 5.74) is 7.50. The third-order valence-electron chi connectivity index (χ3n) is 5.50. The average Bonchev–Trinajstić information content (AvgIpc) is 3.11. The second-order valence-electron chi connectivity index (χ2n) is 7.30. The normalized spacial score (nSPS) is 11.1. The van der Waals surface area contributed by atoms with Gasteiger partial charge >= 0.3 is 0 Å². The summed E-state index contributed by atoms with van der Waals surface area (Å²) in [7, 11) is 2.04. The Balaban J connectivity index is 1.87. The lowest BCUT2D eigenvalue weighted by atomic mass is 9.96. The molecule has 0 amide bonds. The lowest BCUT2D eigenvalue weighted by Crippen LogP contribution is -2.30. The van der Waals surface area contributed by atoms with E-state index in [4.69, 9.17) is 4.42 Å². The van der Waals surface area contributed by atoms with E-state index in [2.05, 4.69) is 41.8 Å². The van der Waals surface area contributed by atoms with E-state index in [0.29, 0.717) is 5.56 Å². The summed E-state index contributed by atoms with van der Waals surface area (Å²) in [6, 6.07) is 26.7. The molecule has 0 aliphatic carbocycles. The second-order valence-corrected chi connectivity index (χ2v) is 7.30. The number of hydrogen-bond donors (Lipinski definition) is 0. The van der Waals surface area contributed by atoms with Crippen molar-refractivity contribution in [2.24, 2.45) is 7.05 Å². The summed E-state index contributed by atoms with van der Waals surface area (Å²) >= 11 is 0. The second kappa shape index (κ2) is 6.61. The highest BCUT2D eigenvalue weighted by atomic mass is 16.3. The number of hydrogen-bond acceptors (Lipinski definition) is 2. The maximum absolute atomic E-state index is 9.73. The molecule has 0 fully saturated rings. The van der Waals surface area contributed by atoms with E-state index in [1.807, 2.05) is 61.8 Å². The molecule has 0 spiro atoms. The zero-order valence-electron chi connectivity index (χ0n) is 16.3. The molecule has 0 aliphatic heterocycles. The molecule has 29 heavy (non-hydrogen) atoms. The molecular formula is C26H19N2O+. The molecule has 0 saturated carbocycles. The fourth-order valence-corrected chi connectivity index (χ4v) is 4.03. The van der Waals surface area contributed by atoms with E-state index >= 15 is 0 Å². The summed E-state index contributed by atoms with van der Waals surface area (Å²) < 4.78 is 8.44. The molecule has 3 heteroatoms. The van der Waals surface area contributed by atoms with Crippen LogP contribution in [0.15, 0.2) is 83.4 Å². The van der Waals surface area contributed by atoms with Crippen LogP contribution in [-0.4, -0.2) is 0 Å². The first-order valence-electron chi connectivity index (χ1n) is 9.58. The summed E-state index contributed by atoms with van der Waals surface area (Å²) in [4.78, 5) is 0. The minimum absolute atomic E-state index is 0.617. The first-order valence-corrected chi connectivity index (χ1v) is 9.58. The van der Waals surface area contributed by atoms with Crippen LogP contribution in [0.5, 0.6) is 0 Å². The highest BCUT2D eigenvalue weighted by Crippen LogP contribution is 2.39. The summed E-state index contributed by atoms with van der Waals surface area (Å²) in [5, 5.41) is 11.8. The molecule has 0 aliphatic rings. The van der Waals surface area contributed by atoms with Crippen LogP contribution in [0.2, 0.25) is 0 Å². The van der Waals surface area contributed by atoms with Crippen LogP contribution in [0, 0.1) is 18.3 Å². The molecule has 3 aromatic carbocycles. The number of furan rings is 1. The Bertz CT molecular complexity index is 1420. The number of benzene rings is 3. The van der Waals surface area contributed by atoms with Crippen molar-refractivity contribution in [2.75, 3.05) is 0 Å². The molecule has 0 unspecified atom stereocenters. The van der Waals surface area contributed by atoms with E-state index in [0.717, 1.165) is 49.9 Å². The summed E-state index contributed by atoms with van der Waals surface area (Å²) in [5.74, 6) is 0. The van der Waals surface area contributed by atoms with Gasteiger partial charge in [-0.2, -0.15) is 5.26 Å². The fourth-order valence-electron chi connectivity index (χ4n) is 4.03. The van der Waals surface area contributed by atoms with E-state index < -0.39 is 0 Å². The molecule has 0 N–H and O–H groups in total. The van der Waals surface area contributed by atoms with Gasteiger partial charge in [-0.05, 0) is 36.2 Å². The van der Waals surface area contributed by atoms with Crippen molar-refractivity contribution >= 4 is 21.9 Å². The lowest BCUT2D eigenvalue weighted by Gasteiger charge is -2.05. The zero-order valence-corrected chi connectivity index (χ0v) is 16.3. The van der Waals surface area contributed by atoms with Crippen molar-refractivity contribution in [1.82, 2.24) is 0 Å². The van der Waals surface area contributed by atoms with Gasteiger partial charge in [0.25, 0.3) is 0 Å². The first kappa shape index (κ1) is 17.2. The molecule has 2 heterocycles. The maximum atomic E-state index is 9.73. The largest absolute Gasteiger partial charge is 0.455 e. The molecular weight excluding hydrogens is 356 g/mol. The van der Waals surface area contributed by atoms with E-state index in [-0.39, 0.29) is 0 Å². The van der Waals surface area contributed by atoms with Gasteiger partial charge in [0.2, 0.25) is 5.69 Å². The molecule has 5 aromatic rings. The van der Waals surface area contributed by atoms with Gasteiger partial charge in [0, 0.05) is 28.5 Å². The highest BCUT2D eigenvalue weighted by Gasteiger charge is 2.21. The van der Waals surface area contributed by atoms with Gasteiger partial charge in [-0.1, -0.05) is 42.5 Å². The first-order chi connectivity index (χ1) is 14.2. The number of nitrogens with zero attached hydrogens (tertiary/aromatic N) is 2. The molecule has 0 atom stereocenters. The van der Waals surface area contributed by atoms with Crippen molar-refractivity contribution in [3.05, 3.63) is 90.1 Å². The number of nitriles is 1. The van der Waals surface area contributed by atoms with Crippen LogP contribution in [0.4, 0.5) is 0 Å². The van der Waals surface area contributed by atoms with Gasteiger partial charge in [0.1, 0.15) is 18.2 Å². The Hall–Kier alpha value is -3.90. The van der Waals surface area contributed by atoms with Gasteiger partial charge in [-0.3, -0.25) is 0 Å². The van der Waals surface area contributed by atoms with E-state index in [1.165, 1.54) is 0 Å². The topological polar surface area (TPSA) is 40.8 Å². The SMILES string of the molecule is Cc1ccc2c(oc3cc(C#N)c(-c4ccccc4)cc32)c1-c1cccc[n+]1C. The number of aryl methyl sites for hydroxylation is 2. The Morgan fingerprint density at radius 2 is 1.69 bits per heavy atom. The van der Waals surface area contributed by atoms with Crippen molar-refractivity contribution in [3.8, 4) is 28.5 Å². The van der Waals surface area contributed by atoms with E-state index in [1.54, 1.807) is 0 Å². The third-order valence-corrected chi connectivity index (χ3v) is 5.50. The van der Waals surface area contributed by atoms with Gasteiger partial charge in [0.15, 0.2) is 6.20 Å². The average molecular weight is 375 g/mol. The molecule has 5 rings (SSSR count). The fraction of sp³-hybridized carbons (Fsp3) is 0.0769. The molecule has 2 aromatic heterocycles. The number of pyridine rings is 1. The lowest BCUT2D eigenvalue weighted by molar-refractivity contribution is -0.660.